The van der Waals surface area contributed by atoms with Gasteiger partial charge in [0.15, 0.2) is 0 Å². The predicted octanol–water partition coefficient (Wildman–Crippen LogP) is 4.23. The molecule has 6 rings (SSSR count). The fourth-order valence-corrected chi connectivity index (χ4v) is 4.78. The summed E-state index contributed by atoms with van der Waals surface area (Å²) in [7, 11) is 0. The molecule has 0 bridgehead atoms. The Balaban J connectivity index is 1.33. The van der Waals surface area contributed by atoms with Crippen LogP contribution in [0.4, 0.5) is 11.5 Å². The second kappa shape index (κ2) is 6.39. The summed E-state index contributed by atoms with van der Waals surface area (Å²) in [4.78, 5) is 22.1. The first-order chi connectivity index (χ1) is 14.7. The van der Waals surface area contributed by atoms with Gasteiger partial charge in [0.05, 0.1) is 23.2 Å². The number of nitrogens with one attached hydrogen (secondary N) is 2. The molecule has 0 radical (unpaired) electrons. The Bertz CT molecular complexity index is 1300. The zero-order valence-corrected chi connectivity index (χ0v) is 16.4. The zero-order valence-electron chi connectivity index (χ0n) is 16.4. The van der Waals surface area contributed by atoms with E-state index < -0.39 is 5.41 Å². The van der Waals surface area contributed by atoms with Crippen LogP contribution >= 0.6 is 0 Å². The van der Waals surface area contributed by atoms with Gasteiger partial charge in [-0.05, 0) is 60.4 Å². The van der Waals surface area contributed by atoms with E-state index in [1.807, 2.05) is 42.5 Å². The number of aromatic nitrogens is 2. The van der Waals surface area contributed by atoms with Gasteiger partial charge in [-0.1, -0.05) is 30.3 Å². The van der Waals surface area contributed by atoms with Crippen LogP contribution in [-0.4, -0.2) is 15.9 Å². The van der Waals surface area contributed by atoms with Gasteiger partial charge in [0.2, 0.25) is 5.91 Å². The van der Waals surface area contributed by atoms with E-state index in [0.717, 1.165) is 27.8 Å². The summed E-state index contributed by atoms with van der Waals surface area (Å²) in [6, 6.07) is 22.6. The Morgan fingerprint density at radius 3 is 2.67 bits per heavy atom. The molecule has 30 heavy (non-hydrogen) atoms. The van der Waals surface area contributed by atoms with Crippen LogP contribution in [0.1, 0.15) is 22.4 Å². The molecule has 0 saturated carbocycles. The summed E-state index contributed by atoms with van der Waals surface area (Å²) in [6.07, 6.45) is 3.13. The Morgan fingerprint density at radius 1 is 0.967 bits per heavy atom. The van der Waals surface area contributed by atoms with E-state index in [4.69, 9.17) is 4.98 Å². The van der Waals surface area contributed by atoms with Crippen molar-refractivity contribution in [2.45, 2.75) is 24.8 Å². The summed E-state index contributed by atoms with van der Waals surface area (Å²) >= 11 is 0. The molecular weight excluding hydrogens is 372 g/mol. The van der Waals surface area contributed by atoms with Crippen molar-refractivity contribution in [3.8, 4) is 0 Å². The predicted molar refractivity (Wildman–Crippen MR) is 117 cm³/mol. The van der Waals surface area contributed by atoms with Gasteiger partial charge >= 0.3 is 0 Å². The second-order valence-electron chi connectivity index (χ2n) is 8.13. The van der Waals surface area contributed by atoms with E-state index in [1.54, 1.807) is 6.20 Å². The van der Waals surface area contributed by atoms with E-state index in [1.165, 1.54) is 11.1 Å². The maximum Gasteiger partial charge on any atom is 0.237 e. The Labute approximate surface area is 174 Å². The van der Waals surface area contributed by atoms with Crippen molar-refractivity contribution in [2.24, 2.45) is 0 Å². The number of hydrogen-bond donors (Lipinski definition) is 2. The van der Waals surface area contributed by atoms with Crippen LogP contribution in [0.5, 0.6) is 0 Å². The van der Waals surface area contributed by atoms with Crippen LogP contribution in [0.2, 0.25) is 0 Å². The smallest absolute Gasteiger partial charge is 0.237 e. The Morgan fingerprint density at radius 2 is 1.80 bits per heavy atom. The van der Waals surface area contributed by atoms with Crippen LogP contribution in [0.15, 0.2) is 72.9 Å². The van der Waals surface area contributed by atoms with E-state index in [0.29, 0.717) is 25.2 Å². The van der Waals surface area contributed by atoms with Crippen LogP contribution in [0.3, 0.4) is 0 Å². The number of nitrogens with zero attached hydrogens (tertiary/aromatic N) is 2. The summed E-state index contributed by atoms with van der Waals surface area (Å²) in [6.45, 7) is 0.669. The average molecular weight is 392 g/mol. The fraction of sp³-hybridized carbons (Fsp3) is 0.160. The number of rotatable bonds is 3. The van der Waals surface area contributed by atoms with Crippen LogP contribution in [0.25, 0.3) is 10.9 Å². The topological polar surface area (TPSA) is 66.9 Å². The first kappa shape index (κ1) is 17.2. The molecule has 3 heterocycles. The number of pyridine rings is 2. The monoisotopic (exact) mass is 392 g/mol. The number of carbonyl (C=O) groups excluding carboxylic acids is 1. The van der Waals surface area contributed by atoms with Gasteiger partial charge in [0.1, 0.15) is 5.82 Å². The fourth-order valence-electron chi connectivity index (χ4n) is 4.78. The molecule has 2 aromatic carbocycles. The number of hydrogen-bond acceptors (Lipinski definition) is 4. The lowest BCUT2D eigenvalue weighted by molar-refractivity contribution is -0.120. The summed E-state index contributed by atoms with van der Waals surface area (Å²) in [5, 5.41) is 7.50. The quantitative estimate of drug-likeness (QED) is 0.548. The number of fused-ring (bicyclic) bond motifs is 4. The Hall–Kier alpha value is -3.73. The summed E-state index contributed by atoms with van der Waals surface area (Å²) < 4.78 is 0. The van der Waals surface area contributed by atoms with Gasteiger partial charge in [0, 0.05) is 22.8 Å². The number of para-hydroxylation sites is 1. The molecule has 0 saturated heterocycles. The molecule has 1 amide bonds. The van der Waals surface area contributed by atoms with Crippen molar-refractivity contribution < 1.29 is 4.79 Å². The summed E-state index contributed by atoms with van der Waals surface area (Å²) in [5.41, 5.74) is 5.95. The molecule has 2 aromatic heterocycles. The van der Waals surface area contributed by atoms with Crippen LogP contribution < -0.4 is 10.6 Å². The number of benzene rings is 2. The number of anilines is 2. The van der Waals surface area contributed by atoms with Crippen LogP contribution in [0, 0.1) is 0 Å². The van der Waals surface area contributed by atoms with E-state index >= 15 is 0 Å². The first-order valence-corrected chi connectivity index (χ1v) is 10.2. The molecule has 1 aliphatic heterocycles. The van der Waals surface area contributed by atoms with Crippen molar-refractivity contribution in [2.75, 3.05) is 10.6 Å². The molecule has 1 spiro atoms. The van der Waals surface area contributed by atoms with Gasteiger partial charge in [-0.25, -0.2) is 4.98 Å². The zero-order chi connectivity index (χ0) is 20.1. The Kier molecular flexibility index (Phi) is 3.65. The minimum atomic E-state index is -0.541. The molecule has 5 nitrogen and oxygen atoms in total. The van der Waals surface area contributed by atoms with Gasteiger partial charge in [-0.2, -0.15) is 0 Å². The summed E-state index contributed by atoms with van der Waals surface area (Å²) in [5.74, 6) is 0.754. The lowest BCUT2D eigenvalue weighted by Crippen LogP contribution is -2.35. The third-order valence-electron chi connectivity index (χ3n) is 6.29. The highest BCUT2D eigenvalue weighted by Gasteiger charge is 2.51. The van der Waals surface area contributed by atoms with E-state index in [-0.39, 0.29) is 5.91 Å². The average Bonchev–Trinajstić information content (AvgIpc) is 3.28. The maximum atomic E-state index is 12.9. The molecule has 2 N–H and O–H groups in total. The maximum absolute atomic E-state index is 12.9. The third-order valence-corrected chi connectivity index (χ3v) is 6.29. The highest BCUT2D eigenvalue weighted by atomic mass is 16.2. The molecule has 4 aromatic rings. The third kappa shape index (κ3) is 2.59. The van der Waals surface area contributed by atoms with Gasteiger partial charge in [-0.15, -0.1) is 0 Å². The van der Waals surface area contributed by atoms with Crippen LogP contribution in [-0.2, 0) is 29.6 Å². The van der Waals surface area contributed by atoms with Crippen molar-refractivity contribution >= 4 is 28.3 Å². The highest BCUT2D eigenvalue weighted by molar-refractivity contribution is 6.06. The highest BCUT2D eigenvalue weighted by Crippen LogP contribution is 2.47. The molecule has 5 heteroatoms. The molecule has 146 valence electrons. The first-order valence-electron chi connectivity index (χ1n) is 10.2. The van der Waals surface area contributed by atoms with Gasteiger partial charge < -0.3 is 10.6 Å². The second-order valence-corrected chi connectivity index (χ2v) is 8.13. The van der Waals surface area contributed by atoms with E-state index in [9.17, 15) is 4.79 Å². The molecule has 0 fully saturated rings. The molecule has 1 aliphatic carbocycles. The van der Waals surface area contributed by atoms with Gasteiger partial charge in [0.25, 0.3) is 0 Å². The minimum Gasteiger partial charge on any atom is -0.379 e. The van der Waals surface area contributed by atoms with Crippen molar-refractivity contribution in [3.05, 3.63) is 95.3 Å². The normalized spacial score (nSPS) is 19.0. The largest absolute Gasteiger partial charge is 0.379 e. The minimum absolute atomic E-state index is 0.0529. The lowest BCUT2D eigenvalue weighted by atomic mass is 9.79. The number of carbonyl (C=O) groups is 1. The lowest BCUT2D eigenvalue weighted by Gasteiger charge is -2.20. The molecular formula is C25H20N4O. The van der Waals surface area contributed by atoms with E-state index in [2.05, 4.69) is 39.9 Å². The SMILES string of the molecule is O=C1Nc2ncccc2C12Cc1cc3ccc(CNc4ccccc4)nc3cc1C2. The van der Waals surface area contributed by atoms with Crippen molar-refractivity contribution in [1.29, 1.82) is 0 Å². The molecule has 1 unspecified atom stereocenters. The molecule has 1 atom stereocenters. The van der Waals surface area contributed by atoms with Crippen molar-refractivity contribution in [1.82, 2.24) is 9.97 Å². The van der Waals surface area contributed by atoms with Gasteiger partial charge in [-0.3, -0.25) is 9.78 Å². The molecule has 2 aliphatic rings. The number of amides is 1. The standard InChI is InChI=1S/C25H20N4O/c30-24-25(21-7-4-10-26-23(21)29-24)13-17-11-16-8-9-20(28-22(16)12-18(17)14-25)15-27-19-5-2-1-3-6-19/h1-12,27H,13-15H2,(H,26,29,30). The van der Waals surface area contributed by atoms with Crippen molar-refractivity contribution in [3.63, 3.8) is 0 Å².